The summed E-state index contributed by atoms with van der Waals surface area (Å²) in [7, 11) is 1.96. The molecule has 25 heavy (non-hydrogen) atoms. The molecule has 0 radical (unpaired) electrons. The van der Waals surface area contributed by atoms with E-state index in [1.807, 2.05) is 67.1 Å². The average Bonchev–Trinajstić information content (AvgIpc) is 2.92. The van der Waals surface area contributed by atoms with Gasteiger partial charge in [-0.3, -0.25) is 4.79 Å². The molecule has 0 aliphatic rings. The first kappa shape index (κ1) is 17.2. The van der Waals surface area contributed by atoms with E-state index < -0.39 is 0 Å². The Hall–Kier alpha value is -2.66. The summed E-state index contributed by atoms with van der Waals surface area (Å²) in [5, 5.41) is 12.2. The molecule has 0 bridgehead atoms. The highest BCUT2D eigenvalue weighted by atomic mass is 16.3. The Bertz CT molecular complexity index is 871. The van der Waals surface area contributed by atoms with Crippen LogP contribution in [0.1, 0.15) is 40.6 Å². The van der Waals surface area contributed by atoms with Crippen molar-refractivity contribution in [3.05, 3.63) is 65.5 Å². The lowest BCUT2D eigenvalue weighted by atomic mass is 10.0. The fourth-order valence-electron chi connectivity index (χ4n) is 3.01. The second kappa shape index (κ2) is 7.49. The monoisotopic (exact) mass is 337 g/mol. The zero-order valence-corrected chi connectivity index (χ0v) is 14.6. The van der Waals surface area contributed by atoms with E-state index in [9.17, 15) is 4.79 Å². The number of carbonyl (C=O) groups is 1. The molecule has 0 saturated carbocycles. The molecule has 1 unspecified atom stereocenters. The van der Waals surface area contributed by atoms with E-state index in [-0.39, 0.29) is 18.6 Å². The molecule has 2 N–H and O–H groups in total. The van der Waals surface area contributed by atoms with E-state index in [1.165, 1.54) is 0 Å². The van der Waals surface area contributed by atoms with E-state index >= 15 is 0 Å². The molecule has 0 aliphatic heterocycles. The number of hydrogen-bond donors (Lipinski definition) is 2. The topological polar surface area (TPSA) is 67.2 Å². The third-order valence-electron chi connectivity index (χ3n) is 4.52. The average molecular weight is 337 g/mol. The minimum atomic E-state index is -0.128. The highest BCUT2D eigenvalue weighted by Crippen LogP contribution is 2.20. The van der Waals surface area contributed by atoms with Crippen LogP contribution < -0.4 is 5.32 Å². The number of aliphatic hydroxyl groups is 1. The zero-order chi connectivity index (χ0) is 17.8. The molecule has 1 aromatic heterocycles. The number of fused-ring (bicyclic) bond motifs is 1. The lowest BCUT2D eigenvalue weighted by Gasteiger charge is -2.19. The molecule has 3 rings (SSSR count). The Morgan fingerprint density at radius 1 is 1.24 bits per heavy atom. The summed E-state index contributed by atoms with van der Waals surface area (Å²) >= 11 is 0. The van der Waals surface area contributed by atoms with Crippen LogP contribution in [0.2, 0.25) is 0 Å². The van der Waals surface area contributed by atoms with Crippen LogP contribution in [0.15, 0.2) is 48.5 Å². The van der Waals surface area contributed by atoms with Crippen molar-refractivity contribution in [2.75, 3.05) is 6.61 Å². The van der Waals surface area contributed by atoms with Crippen LogP contribution in [0.3, 0.4) is 0 Å². The molecular formula is C20H23N3O2. The molecule has 3 aromatic rings. The number of aryl methyl sites for hydroxylation is 2. The summed E-state index contributed by atoms with van der Waals surface area (Å²) in [6, 6.07) is 15.3. The van der Waals surface area contributed by atoms with Gasteiger partial charge in [-0.2, -0.15) is 0 Å². The summed E-state index contributed by atoms with van der Waals surface area (Å²) in [6.45, 7) is 2.05. The summed E-state index contributed by atoms with van der Waals surface area (Å²) in [6.07, 6.45) is 1.33. The van der Waals surface area contributed by atoms with Crippen LogP contribution in [-0.2, 0) is 7.05 Å². The molecule has 0 aliphatic carbocycles. The fourth-order valence-corrected chi connectivity index (χ4v) is 3.01. The van der Waals surface area contributed by atoms with E-state index in [2.05, 4.69) is 10.3 Å². The smallest absolute Gasteiger partial charge is 0.251 e. The Morgan fingerprint density at radius 2 is 2.00 bits per heavy atom. The number of aromatic nitrogens is 2. The maximum absolute atomic E-state index is 12.7. The Balaban J connectivity index is 1.83. The number of aliphatic hydroxyl groups excluding tert-OH is 1. The third kappa shape index (κ3) is 3.72. The van der Waals surface area contributed by atoms with Crippen molar-refractivity contribution >= 4 is 16.9 Å². The van der Waals surface area contributed by atoms with Gasteiger partial charge in [0.1, 0.15) is 5.82 Å². The number of rotatable bonds is 6. The summed E-state index contributed by atoms with van der Waals surface area (Å²) in [4.78, 5) is 17.2. The van der Waals surface area contributed by atoms with Crippen LogP contribution in [0.4, 0.5) is 0 Å². The van der Waals surface area contributed by atoms with Gasteiger partial charge in [0.25, 0.3) is 5.91 Å². The summed E-state index contributed by atoms with van der Waals surface area (Å²) in [5.41, 5.74) is 3.46. The Kier molecular flexibility index (Phi) is 5.14. The molecule has 130 valence electrons. The second-order valence-electron chi connectivity index (χ2n) is 6.22. The molecule has 1 amide bonds. The van der Waals surface area contributed by atoms with Crippen molar-refractivity contribution in [3.8, 4) is 0 Å². The second-order valence-corrected chi connectivity index (χ2v) is 6.22. The SMILES string of the molecule is Cc1nc2cc(C(=O)NC(CCCO)c3ccccc3)ccc2n1C. The van der Waals surface area contributed by atoms with Crippen LogP contribution in [0, 0.1) is 6.92 Å². The van der Waals surface area contributed by atoms with Crippen molar-refractivity contribution in [3.63, 3.8) is 0 Å². The highest BCUT2D eigenvalue weighted by Gasteiger charge is 2.16. The van der Waals surface area contributed by atoms with Gasteiger partial charge in [0.15, 0.2) is 0 Å². The van der Waals surface area contributed by atoms with Gasteiger partial charge in [0.2, 0.25) is 0 Å². The van der Waals surface area contributed by atoms with Crippen LogP contribution in [0.25, 0.3) is 11.0 Å². The molecule has 1 atom stereocenters. The lowest BCUT2D eigenvalue weighted by molar-refractivity contribution is 0.0932. The molecule has 2 aromatic carbocycles. The van der Waals surface area contributed by atoms with Gasteiger partial charge in [-0.1, -0.05) is 30.3 Å². The molecule has 1 heterocycles. The number of nitrogens with zero attached hydrogens (tertiary/aromatic N) is 2. The molecule has 5 heteroatoms. The number of carbonyl (C=O) groups excluding carboxylic acids is 1. The third-order valence-corrected chi connectivity index (χ3v) is 4.52. The van der Waals surface area contributed by atoms with E-state index in [0.29, 0.717) is 18.4 Å². The van der Waals surface area contributed by atoms with Crippen molar-refractivity contribution < 1.29 is 9.90 Å². The molecule has 0 saturated heterocycles. The van der Waals surface area contributed by atoms with Crippen molar-refractivity contribution in [1.82, 2.24) is 14.9 Å². The van der Waals surface area contributed by atoms with E-state index in [0.717, 1.165) is 22.4 Å². The van der Waals surface area contributed by atoms with Crippen molar-refractivity contribution in [1.29, 1.82) is 0 Å². The normalized spacial score (nSPS) is 12.3. The zero-order valence-electron chi connectivity index (χ0n) is 14.6. The van der Waals surface area contributed by atoms with Gasteiger partial charge in [-0.25, -0.2) is 4.98 Å². The number of benzene rings is 2. The molecule has 0 fully saturated rings. The minimum absolute atomic E-state index is 0.109. The predicted octanol–water partition coefficient (Wildman–Crippen LogP) is 3.13. The van der Waals surface area contributed by atoms with Gasteiger partial charge in [0, 0.05) is 19.2 Å². The minimum Gasteiger partial charge on any atom is -0.396 e. The van der Waals surface area contributed by atoms with Crippen molar-refractivity contribution in [2.24, 2.45) is 7.05 Å². The standard InChI is InChI=1S/C20H23N3O2/c1-14-21-18-13-16(10-11-19(18)23(14)2)20(25)22-17(9-6-12-24)15-7-4-3-5-8-15/h3-5,7-8,10-11,13,17,24H,6,9,12H2,1-2H3,(H,22,25). The molecule has 5 nitrogen and oxygen atoms in total. The Labute approximate surface area is 147 Å². The van der Waals surface area contributed by atoms with Crippen molar-refractivity contribution in [2.45, 2.75) is 25.8 Å². The molecular weight excluding hydrogens is 314 g/mol. The van der Waals surface area contributed by atoms with Crippen LogP contribution in [0.5, 0.6) is 0 Å². The summed E-state index contributed by atoms with van der Waals surface area (Å²) in [5.74, 6) is 0.787. The number of amides is 1. The highest BCUT2D eigenvalue weighted by molar-refractivity contribution is 5.97. The van der Waals surface area contributed by atoms with Gasteiger partial charge in [-0.15, -0.1) is 0 Å². The first-order valence-electron chi connectivity index (χ1n) is 8.50. The van der Waals surface area contributed by atoms with Gasteiger partial charge < -0.3 is 15.0 Å². The van der Waals surface area contributed by atoms with Gasteiger partial charge >= 0.3 is 0 Å². The maximum Gasteiger partial charge on any atom is 0.251 e. The quantitative estimate of drug-likeness (QED) is 0.726. The molecule has 0 spiro atoms. The first-order valence-corrected chi connectivity index (χ1v) is 8.50. The van der Waals surface area contributed by atoms with Crippen LogP contribution in [-0.4, -0.2) is 27.2 Å². The number of imidazole rings is 1. The van der Waals surface area contributed by atoms with Gasteiger partial charge in [-0.05, 0) is 43.5 Å². The summed E-state index contributed by atoms with van der Waals surface area (Å²) < 4.78 is 2.00. The fraction of sp³-hybridized carbons (Fsp3) is 0.300. The van der Waals surface area contributed by atoms with Gasteiger partial charge in [0.05, 0.1) is 17.1 Å². The predicted molar refractivity (Wildman–Crippen MR) is 98.4 cm³/mol. The van der Waals surface area contributed by atoms with E-state index in [4.69, 9.17) is 5.11 Å². The maximum atomic E-state index is 12.7. The lowest BCUT2D eigenvalue weighted by Crippen LogP contribution is -2.28. The Morgan fingerprint density at radius 3 is 2.72 bits per heavy atom. The first-order chi connectivity index (χ1) is 12.1. The largest absolute Gasteiger partial charge is 0.396 e. The number of nitrogens with one attached hydrogen (secondary N) is 1. The van der Waals surface area contributed by atoms with Crippen LogP contribution >= 0.6 is 0 Å². The number of hydrogen-bond acceptors (Lipinski definition) is 3. The van der Waals surface area contributed by atoms with E-state index in [1.54, 1.807) is 0 Å².